The molecule has 0 atom stereocenters. The van der Waals surface area contributed by atoms with E-state index in [1.165, 1.54) is 0 Å². The zero-order chi connectivity index (χ0) is 16.2. The van der Waals surface area contributed by atoms with Gasteiger partial charge in [-0.2, -0.15) is 13.2 Å². The molecule has 5 nitrogen and oxygen atoms in total. The number of nitro benzene ring substituents is 1. The van der Waals surface area contributed by atoms with Gasteiger partial charge in [-0.3, -0.25) is 14.9 Å². The standard InChI is InChI=1S/C11H9BrF4N2O3/c12-1-2-17(6-11(14,15)16)10(19)7-3-8(13)5-9(4-7)18(20)21/h3-5H,1-2,6H2. The number of nitro groups is 1. The maximum absolute atomic E-state index is 13.2. The molecule has 0 spiro atoms. The fraction of sp³-hybridized carbons (Fsp3) is 0.364. The number of alkyl halides is 4. The van der Waals surface area contributed by atoms with Gasteiger partial charge in [0.15, 0.2) is 0 Å². The number of rotatable bonds is 5. The molecule has 0 heterocycles. The molecule has 1 rings (SSSR count). The molecule has 1 aromatic carbocycles. The van der Waals surface area contributed by atoms with E-state index in [4.69, 9.17) is 0 Å². The number of hydrogen-bond donors (Lipinski definition) is 0. The number of benzene rings is 1. The van der Waals surface area contributed by atoms with Gasteiger partial charge in [0, 0.05) is 23.5 Å². The van der Waals surface area contributed by atoms with Crippen molar-refractivity contribution in [2.24, 2.45) is 0 Å². The predicted octanol–water partition coefficient (Wildman–Crippen LogP) is 3.13. The molecule has 1 aromatic rings. The zero-order valence-corrected chi connectivity index (χ0v) is 11.9. The van der Waals surface area contributed by atoms with Crippen LogP contribution >= 0.6 is 15.9 Å². The second-order valence-electron chi connectivity index (χ2n) is 3.99. The van der Waals surface area contributed by atoms with E-state index in [9.17, 15) is 32.5 Å². The minimum absolute atomic E-state index is 0.0756. The number of non-ortho nitro benzene ring substituents is 1. The van der Waals surface area contributed by atoms with Crippen molar-refractivity contribution in [1.29, 1.82) is 0 Å². The van der Waals surface area contributed by atoms with Crippen LogP contribution in [0.15, 0.2) is 18.2 Å². The smallest absolute Gasteiger partial charge is 0.329 e. The van der Waals surface area contributed by atoms with Crippen molar-refractivity contribution in [3.63, 3.8) is 0 Å². The Morgan fingerprint density at radius 1 is 1.33 bits per heavy atom. The molecule has 0 bridgehead atoms. The molecule has 0 aliphatic rings. The molecule has 0 saturated carbocycles. The topological polar surface area (TPSA) is 63.4 Å². The summed E-state index contributed by atoms with van der Waals surface area (Å²) in [5, 5.41) is 10.7. The second-order valence-corrected chi connectivity index (χ2v) is 4.78. The van der Waals surface area contributed by atoms with Gasteiger partial charge in [0.05, 0.1) is 11.0 Å². The Morgan fingerprint density at radius 3 is 2.43 bits per heavy atom. The van der Waals surface area contributed by atoms with Gasteiger partial charge in [-0.15, -0.1) is 0 Å². The lowest BCUT2D eigenvalue weighted by atomic mass is 10.1. The molecule has 0 N–H and O–H groups in total. The third kappa shape index (κ3) is 5.29. The molecular formula is C11H9BrF4N2O3. The molecule has 0 aliphatic carbocycles. The van der Waals surface area contributed by atoms with Gasteiger partial charge in [-0.25, -0.2) is 4.39 Å². The van der Waals surface area contributed by atoms with Crippen LogP contribution in [0, 0.1) is 15.9 Å². The molecule has 116 valence electrons. The summed E-state index contributed by atoms with van der Waals surface area (Å²) >= 11 is 2.91. The third-order valence-corrected chi connectivity index (χ3v) is 2.71. The van der Waals surface area contributed by atoms with Crippen molar-refractivity contribution in [1.82, 2.24) is 4.90 Å². The summed E-state index contributed by atoms with van der Waals surface area (Å²) in [5.41, 5.74) is -1.21. The highest BCUT2D eigenvalue weighted by Gasteiger charge is 2.33. The highest BCUT2D eigenvalue weighted by Crippen LogP contribution is 2.21. The minimum atomic E-state index is -4.63. The molecule has 10 heteroatoms. The predicted molar refractivity (Wildman–Crippen MR) is 68.8 cm³/mol. The van der Waals surface area contributed by atoms with Crippen molar-refractivity contribution < 1.29 is 27.3 Å². The van der Waals surface area contributed by atoms with Gasteiger partial charge in [0.25, 0.3) is 11.6 Å². The number of amides is 1. The van der Waals surface area contributed by atoms with Gasteiger partial charge in [-0.1, -0.05) is 15.9 Å². The third-order valence-electron chi connectivity index (χ3n) is 2.35. The summed E-state index contributed by atoms with van der Waals surface area (Å²) in [6.45, 7) is -1.80. The van der Waals surface area contributed by atoms with Crippen LogP contribution in [0.4, 0.5) is 23.2 Å². The summed E-state index contributed by atoms with van der Waals surface area (Å²) in [6, 6.07) is 1.98. The molecule has 0 radical (unpaired) electrons. The van der Waals surface area contributed by atoms with Crippen LogP contribution in [0.1, 0.15) is 10.4 Å². The highest BCUT2D eigenvalue weighted by atomic mass is 79.9. The molecule has 0 saturated heterocycles. The first-order chi connectivity index (χ1) is 9.64. The molecule has 0 unspecified atom stereocenters. The van der Waals surface area contributed by atoms with Crippen molar-refractivity contribution in [3.05, 3.63) is 39.7 Å². The summed E-state index contributed by atoms with van der Waals surface area (Å²) in [5.74, 6) is -2.20. The number of hydrogen-bond acceptors (Lipinski definition) is 3. The van der Waals surface area contributed by atoms with E-state index < -0.39 is 40.6 Å². The van der Waals surface area contributed by atoms with Crippen LogP contribution in [0.3, 0.4) is 0 Å². The summed E-state index contributed by atoms with van der Waals surface area (Å²) < 4.78 is 50.4. The van der Waals surface area contributed by atoms with E-state index in [-0.39, 0.29) is 11.9 Å². The average molecular weight is 373 g/mol. The van der Waals surface area contributed by atoms with Crippen LogP contribution < -0.4 is 0 Å². The summed E-state index contributed by atoms with van der Waals surface area (Å²) in [6.07, 6.45) is -4.63. The first-order valence-corrected chi connectivity index (χ1v) is 6.63. The van der Waals surface area contributed by atoms with Crippen LogP contribution in [0.2, 0.25) is 0 Å². The van der Waals surface area contributed by atoms with E-state index in [2.05, 4.69) is 15.9 Å². The lowest BCUT2D eigenvalue weighted by Gasteiger charge is -2.23. The van der Waals surface area contributed by atoms with Crippen molar-refractivity contribution in [2.45, 2.75) is 6.18 Å². The second kappa shape index (κ2) is 6.83. The Labute approximate surface area is 124 Å². The molecular weight excluding hydrogens is 364 g/mol. The van der Waals surface area contributed by atoms with Crippen LogP contribution in [0.5, 0.6) is 0 Å². The van der Waals surface area contributed by atoms with Gasteiger partial charge >= 0.3 is 6.18 Å². The summed E-state index contributed by atoms with van der Waals surface area (Å²) in [4.78, 5) is 22.0. The van der Waals surface area contributed by atoms with Crippen LogP contribution in [0.25, 0.3) is 0 Å². The Balaban J connectivity index is 3.11. The number of halogens is 5. The quantitative estimate of drug-likeness (QED) is 0.345. The fourth-order valence-corrected chi connectivity index (χ4v) is 1.98. The lowest BCUT2D eigenvalue weighted by Crippen LogP contribution is -2.40. The lowest BCUT2D eigenvalue weighted by molar-refractivity contribution is -0.385. The molecule has 0 aliphatic heterocycles. The maximum Gasteiger partial charge on any atom is 0.406 e. The van der Waals surface area contributed by atoms with E-state index in [0.717, 1.165) is 6.07 Å². The Hall–Kier alpha value is -1.71. The average Bonchev–Trinajstić information content (AvgIpc) is 2.35. The summed E-state index contributed by atoms with van der Waals surface area (Å²) in [7, 11) is 0. The largest absolute Gasteiger partial charge is 0.406 e. The zero-order valence-electron chi connectivity index (χ0n) is 10.4. The van der Waals surface area contributed by atoms with Gasteiger partial charge in [0.1, 0.15) is 12.4 Å². The van der Waals surface area contributed by atoms with Gasteiger partial charge in [0.2, 0.25) is 0 Å². The Kier molecular flexibility index (Phi) is 5.64. The van der Waals surface area contributed by atoms with Crippen LogP contribution in [-0.4, -0.2) is 40.3 Å². The first kappa shape index (κ1) is 17.3. The molecule has 0 aromatic heterocycles. The van der Waals surface area contributed by atoms with E-state index >= 15 is 0 Å². The molecule has 0 fully saturated rings. The Bertz CT molecular complexity index is 551. The van der Waals surface area contributed by atoms with Crippen molar-refractivity contribution >= 4 is 27.5 Å². The number of carbonyl (C=O) groups excluding carboxylic acids is 1. The van der Waals surface area contributed by atoms with Crippen molar-refractivity contribution in [2.75, 3.05) is 18.4 Å². The number of nitrogens with zero attached hydrogens (tertiary/aromatic N) is 2. The fourth-order valence-electron chi connectivity index (χ4n) is 1.56. The maximum atomic E-state index is 13.2. The first-order valence-electron chi connectivity index (χ1n) is 5.51. The van der Waals surface area contributed by atoms with Gasteiger partial charge < -0.3 is 4.90 Å². The van der Waals surface area contributed by atoms with E-state index in [1.807, 2.05) is 0 Å². The van der Waals surface area contributed by atoms with Crippen molar-refractivity contribution in [3.8, 4) is 0 Å². The highest BCUT2D eigenvalue weighted by molar-refractivity contribution is 9.09. The molecule has 21 heavy (non-hydrogen) atoms. The van der Waals surface area contributed by atoms with Crippen LogP contribution in [-0.2, 0) is 0 Å². The number of carbonyl (C=O) groups is 1. The SMILES string of the molecule is O=C(c1cc(F)cc([N+](=O)[O-])c1)N(CCBr)CC(F)(F)F. The van der Waals surface area contributed by atoms with E-state index in [0.29, 0.717) is 17.0 Å². The monoisotopic (exact) mass is 372 g/mol. The normalized spacial score (nSPS) is 11.3. The minimum Gasteiger partial charge on any atom is -0.329 e. The van der Waals surface area contributed by atoms with Gasteiger partial charge in [-0.05, 0) is 6.07 Å². The van der Waals surface area contributed by atoms with E-state index in [1.54, 1.807) is 0 Å². The molecule has 1 amide bonds. The Morgan fingerprint density at radius 2 is 1.95 bits per heavy atom.